The molecule has 0 amide bonds. The van der Waals surface area contributed by atoms with Crippen LogP contribution in [0.4, 0.5) is 8.78 Å². The molecule has 0 spiro atoms. The molecule has 2 aromatic heterocycles. The molecule has 0 bridgehead atoms. The summed E-state index contributed by atoms with van der Waals surface area (Å²) in [6, 6.07) is 20.3. The van der Waals surface area contributed by atoms with Crippen molar-refractivity contribution in [3.63, 3.8) is 0 Å². The number of hydrogen-bond donors (Lipinski definition) is 1. The van der Waals surface area contributed by atoms with E-state index in [2.05, 4.69) is 26.9 Å². The Morgan fingerprint density at radius 2 is 1.65 bits per heavy atom. The first-order chi connectivity index (χ1) is 26.1. The molecule has 0 radical (unpaired) electrons. The van der Waals surface area contributed by atoms with Crippen molar-refractivity contribution >= 4 is 44.1 Å². The van der Waals surface area contributed by atoms with Gasteiger partial charge in [0.2, 0.25) is 11.8 Å². The number of ether oxygens (including phenoxy) is 1. The third-order valence-electron chi connectivity index (χ3n) is 10.5. The summed E-state index contributed by atoms with van der Waals surface area (Å²) >= 11 is 3.70. The van der Waals surface area contributed by atoms with Crippen LogP contribution in [0.2, 0.25) is 0 Å². The number of halogens is 3. The number of nitriles is 1. The van der Waals surface area contributed by atoms with E-state index in [1.807, 2.05) is 62.4 Å². The Balaban J connectivity index is 1.13. The van der Waals surface area contributed by atoms with Crippen molar-refractivity contribution in [1.82, 2.24) is 19.8 Å². The monoisotopic (exact) mass is 795 g/mol. The Kier molecular flexibility index (Phi) is 9.68. The van der Waals surface area contributed by atoms with Crippen LogP contribution in [0, 0.1) is 25.2 Å². The number of aromatic nitrogens is 2. The summed E-state index contributed by atoms with van der Waals surface area (Å²) in [5.74, 6) is -0.288. The molecule has 2 aliphatic heterocycles. The molecule has 13 heteroatoms. The average Bonchev–Trinajstić information content (AvgIpc) is 3.95. The van der Waals surface area contributed by atoms with Crippen LogP contribution in [-0.2, 0) is 17.9 Å². The average molecular weight is 797 g/mol. The molecule has 4 heterocycles. The van der Waals surface area contributed by atoms with Gasteiger partial charge in [-0.25, -0.2) is 9.97 Å². The van der Waals surface area contributed by atoms with Crippen molar-refractivity contribution in [2.24, 2.45) is 0 Å². The molecule has 2 atom stereocenters. The number of carbonyl (C=O) groups is 1. The van der Waals surface area contributed by atoms with Gasteiger partial charge in [0.15, 0.2) is 11.2 Å². The Bertz CT molecular complexity index is 2460. The zero-order valence-electron chi connectivity index (χ0n) is 29.6. The number of likely N-dealkylation sites (tertiary alicyclic amines) is 2. The lowest BCUT2D eigenvalue weighted by Gasteiger charge is -2.22. The summed E-state index contributed by atoms with van der Waals surface area (Å²) in [4.78, 5) is 26.0. The van der Waals surface area contributed by atoms with Crippen molar-refractivity contribution in [2.45, 2.75) is 63.7 Å². The zero-order chi connectivity index (χ0) is 37.7. The zero-order valence-corrected chi connectivity index (χ0v) is 31.2. The van der Waals surface area contributed by atoms with Gasteiger partial charge in [-0.15, -0.1) is 0 Å². The quantitative estimate of drug-likeness (QED) is 0.134. The Morgan fingerprint density at radius 3 is 2.30 bits per heavy atom. The van der Waals surface area contributed by atoms with Gasteiger partial charge >= 0.3 is 12.6 Å². The predicted octanol–water partition coefficient (Wildman–Crippen LogP) is 9.08. The lowest BCUT2D eigenvalue weighted by Crippen LogP contribution is -2.35. The van der Waals surface area contributed by atoms with Crippen LogP contribution >= 0.6 is 15.9 Å². The number of nitrogens with zero attached hydrogens (tertiary/aromatic N) is 5. The third kappa shape index (κ3) is 6.85. The smallest absolute Gasteiger partial charge is 0.387 e. The first-order valence-corrected chi connectivity index (χ1v) is 18.7. The molecule has 0 saturated carbocycles. The number of aliphatic carboxylic acids is 1. The van der Waals surface area contributed by atoms with E-state index < -0.39 is 18.6 Å². The first kappa shape index (κ1) is 35.8. The number of carboxylic acids is 1. The van der Waals surface area contributed by atoms with Gasteiger partial charge in [-0.2, -0.15) is 14.0 Å². The fourth-order valence-corrected chi connectivity index (χ4v) is 8.46. The maximum absolute atomic E-state index is 13.5. The summed E-state index contributed by atoms with van der Waals surface area (Å²) in [6.45, 7) is 4.24. The number of alkyl halides is 3. The minimum absolute atomic E-state index is 0.0779. The summed E-state index contributed by atoms with van der Waals surface area (Å²) in [7, 11) is 0. The largest absolute Gasteiger partial charge is 0.480 e. The van der Waals surface area contributed by atoms with Gasteiger partial charge in [0.1, 0.15) is 28.9 Å². The number of fused-ring (bicyclic) bond motifs is 2. The first-order valence-electron chi connectivity index (χ1n) is 17.8. The Morgan fingerprint density at radius 1 is 0.963 bits per heavy atom. The molecule has 1 N–H and O–H groups in total. The second-order valence-electron chi connectivity index (χ2n) is 14.0. The van der Waals surface area contributed by atoms with E-state index in [0.717, 1.165) is 59.4 Å². The fourth-order valence-electron chi connectivity index (χ4n) is 7.84. The van der Waals surface area contributed by atoms with Crippen molar-refractivity contribution < 1.29 is 32.3 Å². The van der Waals surface area contributed by atoms with Gasteiger partial charge in [-0.3, -0.25) is 14.6 Å². The van der Waals surface area contributed by atoms with Crippen LogP contribution in [0.15, 0.2) is 69.5 Å². The van der Waals surface area contributed by atoms with Crippen molar-refractivity contribution in [1.29, 1.82) is 5.26 Å². The van der Waals surface area contributed by atoms with Crippen LogP contribution < -0.4 is 4.74 Å². The van der Waals surface area contributed by atoms with Gasteiger partial charge in [0, 0.05) is 47.2 Å². The maximum Gasteiger partial charge on any atom is 0.387 e. The van der Waals surface area contributed by atoms with Crippen LogP contribution in [0.25, 0.3) is 56.2 Å². The summed E-state index contributed by atoms with van der Waals surface area (Å²) in [5, 5.41) is 19.7. The van der Waals surface area contributed by atoms with Crippen molar-refractivity contribution in [2.75, 3.05) is 19.6 Å². The third-order valence-corrected chi connectivity index (χ3v) is 11.3. The minimum atomic E-state index is -3.07. The second kappa shape index (κ2) is 14.6. The number of carboxylic acid groups (broad SMARTS) is 1. The molecule has 6 aromatic rings. The van der Waals surface area contributed by atoms with E-state index in [4.69, 9.17) is 23.5 Å². The summed E-state index contributed by atoms with van der Waals surface area (Å²) in [6.07, 6.45) is 2.28. The van der Waals surface area contributed by atoms with Crippen LogP contribution in [0.1, 0.15) is 47.1 Å². The molecule has 10 nitrogen and oxygen atoms in total. The van der Waals surface area contributed by atoms with E-state index in [9.17, 15) is 23.9 Å². The SMILES string of the molecule is Cc1c(-c2nc3cc(CN4CCC[C@H]4C(=O)O)c(OC(F)F)cc3o2)cccc1-c1cccc(-c2nc3cc(CN4CCC(Br)C4)cc(C#N)c3o2)c1C. The predicted molar refractivity (Wildman–Crippen MR) is 202 cm³/mol. The molecule has 276 valence electrons. The molecule has 2 aliphatic rings. The van der Waals surface area contributed by atoms with Gasteiger partial charge in [-0.05, 0) is 104 Å². The summed E-state index contributed by atoms with van der Waals surface area (Å²) < 4.78 is 44.3. The van der Waals surface area contributed by atoms with Gasteiger partial charge in [-0.1, -0.05) is 40.2 Å². The minimum Gasteiger partial charge on any atom is -0.480 e. The normalized spacial score (nSPS) is 17.9. The van der Waals surface area contributed by atoms with E-state index in [-0.39, 0.29) is 17.9 Å². The topological polar surface area (TPSA) is 129 Å². The lowest BCUT2D eigenvalue weighted by molar-refractivity contribution is -0.142. The van der Waals surface area contributed by atoms with Crippen molar-refractivity contribution in [3.05, 3.63) is 88.5 Å². The highest BCUT2D eigenvalue weighted by Gasteiger charge is 2.32. The number of oxazole rings is 2. The molecule has 4 aromatic carbocycles. The molecule has 2 saturated heterocycles. The molecule has 8 rings (SSSR count). The Hall–Kier alpha value is -5.16. The molecular formula is C41H36BrF2N5O5. The van der Waals surface area contributed by atoms with E-state index in [0.29, 0.717) is 69.3 Å². The van der Waals surface area contributed by atoms with Crippen LogP contribution in [0.5, 0.6) is 5.75 Å². The molecule has 54 heavy (non-hydrogen) atoms. The number of rotatable bonds is 10. The molecule has 1 unspecified atom stereocenters. The maximum atomic E-state index is 13.5. The highest BCUT2D eigenvalue weighted by Crippen LogP contribution is 2.39. The molecule has 2 fully saturated rings. The number of benzene rings is 4. The number of hydrogen-bond acceptors (Lipinski definition) is 9. The second-order valence-corrected chi connectivity index (χ2v) is 15.3. The standard InChI is InChI=1S/C41H36BrF2N5O5/c1-22-28(29-7-4-9-31(23(29)2)39-47-33-15-24(14-25(18-45)37(33)54-39)19-48-13-11-27(42)21-48)6-3-8-30(22)38-46-32-16-26(20-49-12-5-10-34(49)40(50)51)35(53-41(43)44)17-36(32)52-38/h3-4,6-9,14-17,27,34,41H,5,10-13,19-21H2,1-2H3,(H,50,51)/t27?,34-/m0/s1. The van der Waals surface area contributed by atoms with E-state index >= 15 is 0 Å². The van der Waals surface area contributed by atoms with Crippen molar-refractivity contribution in [3.8, 4) is 45.9 Å². The fraction of sp³-hybridized carbons (Fsp3) is 0.317. The lowest BCUT2D eigenvalue weighted by atomic mass is 9.91. The van der Waals surface area contributed by atoms with Gasteiger partial charge in [0.25, 0.3) is 0 Å². The Labute approximate surface area is 318 Å². The highest BCUT2D eigenvalue weighted by atomic mass is 79.9. The van der Waals surface area contributed by atoms with Gasteiger partial charge < -0.3 is 18.7 Å². The van der Waals surface area contributed by atoms with Gasteiger partial charge in [0.05, 0.1) is 5.56 Å². The van der Waals surface area contributed by atoms with E-state index in [1.165, 1.54) is 6.07 Å². The summed E-state index contributed by atoms with van der Waals surface area (Å²) in [5.41, 5.74) is 8.89. The molecular weight excluding hydrogens is 760 g/mol. The van der Waals surface area contributed by atoms with E-state index in [1.54, 1.807) is 11.0 Å². The van der Waals surface area contributed by atoms with Crippen LogP contribution in [0.3, 0.4) is 0 Å². The molecule has 0 aliphatic carbocycles. The highest BCUT2D eigenvalue weighted by molar-refractivity contribution is 9.09. The van der Waals surface area contributed by atoms with Crippen LogP contribution in [-0.4, -0.2) is 68.0 Å².